The van der Waals surface area contributed by atoms with Gasteiger partial charge in [0.05, 0.1) is 26.4 Å². The molecule has 1 amide bonds. The first kappa shape index (κ1) is 21.3. The first-order valence-corrected chi connectivity index (χ1v) is 10.2. The summed E-state index contributed by atoms with van der Waals surface area (Å²) in [5.74, 6) is 0.787. The van der Waals surface area contributed by atoms with E-state index < -0.39 is 0 Å². The molecule has 1 aliphatic rings. The largest absolute Gasteiger partial charge is 0.497 e. The zero-order valence-corrected chi connectivity index (χ0v) is 17.9. The number of ether oxygens (including phenoxy) is 2. The Kier molecular flexibility index (Phi) is 6.93. The highest BCUT2D eigenvalue weighted by Gasteiger charge is 2.23. The summed E-state index contributed by atoms with van der Waals surface area (Å²) < 4.78 is 10.8. The van der Waals surface area contributed by atoms with Crippen LogP contribution in [0.2, 0.25) is 0 Å². The third kappa shape index (κ3) is 5.58. The number of hydrogen-bond acceptors (Lipinski definition) is 4. The number of morpholine rings is 1. The minimum absolute atomic E-state index is 0.0442. The fraction of sp³-hybridized carbons (Fsp3) is 0.458. The molecule has 1 heterocycles. The number of amides is 1. The summed E-state index contributed by atoms with van der Waals surface area (Å²) in [5.41, 5.74) is 3.15. The van der Waals surface area contributed by atoms with Gasteiger partial charge in [0.25, 0.3) is 5.91 Å². The molecule has 0 aromatic heterocycles. The predicted molar refractivity (Wildman–Crippen MR) is 116 cm³/mol. The van der Waals surface area contributed by atoms with Crippen molar-refractivity contribution in [2.24, 2.45) is 0 Å². The SMILES string of the molecule is COc1ccc([C@H](CNC(=O)c2ccc(C(C)(C)C)cc2)N2CCOCC2)cc1. The van der Waals surface area contributed by atoms with Crippen LogP contribution in [-0.2, 0) is 10.2 Å². The van der Waals surface area contributed by atoms with Crippen LogP contribution in [-0.4, -0.2) is 50.8 Å². The lowest BCUT2D eigenvalue weighted by molar-refractivity contribution is 0.0162. The maximum atomic E-state index is 12.8. The molecule has 0 aliphatic carbocycles. The molecular formula is C24H32N2O3. The number of nitrogens with zero attached hydrogens (tertiary/aromatic N) is 1. The minimum Gasteiger partial charge on any atom is -0.497 e. The van der Waals surface area contributed by atoms with Gasteiger partial charge in [-0.15, -0.1) is 0 Å². The molecule has 0 saturated carbocycles. The van der Waals surface area contributed by atoms with Gasteiger partial charge in [0.1, 0.15) is 5.75 Å². The molecule has 0 unspecified atom stereocenters. The molecule has 0 bridgehead atoms. The van der Waals surface area contributed by atoms with E-state index in [1.165, 1.54) is 5.56 Å². The van der Waals surface area contributed by atoms with Gasteiger partial charge >= 0.3 is 0 Å². The number of carbonyl (C=O) groups is 1. The average Bonchev–Trinajstić information content (AvgIpc) is 2.74. The van der Waals surface area contributed by atoms with Crippen molar-refractivity contribution in [1.82, 2.24) is 10.2 Å². The first-order valence-electron chi connectivity index (χ1n) is 10.2. The Hall–Kier alpha value is -2.37. The van der Waals surface area contributed by atoms with Crippen LogP contribution in [0.25, 0.3) is 0 Å². The van der Waals surface area contributed by atoms with Crippen molar-refractivity contribution in [3.63, 3.8) is 0 Å². The average molecular weight is 397 g/mol. The third-order valence-electron chi connectivity index (χ3n) is 5.46. The van der Waals surface area contributed by atoms with E-state index in [9.17, 15) is 4.79 Å². The monoisotopic (exact) mass is 396 g/mol. The highest BCUT2D eigenvalue weighted by atomic mass is 16.5. The van der Waals surface area contributed by atoms with Crippen molar-refractivity contribution in [2.75, 3.05) is 40.0 Å². The summed E-state index contributed by atoms with van der Waals surface area (Å²) >= 11 is 0. The molecule has 2 aromatic rings. The van der Waals surface area contributed by atoms with Gasteiger partial charge in [0, 0.05) is 25.2 Å². The molecule has 5 nitrogen and oxygen atoms in total. The van der Waals surface area contributed by atoms with Gasteiger partial charge in [0.2, 0.25) is 0 Å². The van der Waals surface area contributed by atoms with Crippen molar-refractivity contribution in [1.29, 1.82) is 0 Å². The molecule has 156 valence electrons. The highest BCUT2D eigenvalue weighted by molar-refractivity contribution is 5.94. The topological polar surface area (TPSA) is 50.8 Å². The van der Waals surface area contributed by atoms with Crippen molar-refractivity contribution in [3.05, 3.63) is 65.2 Å². The number of methoxy groups -OCH3 is 1. The van der Waals surface area contributed by atoms with E-state index in [0.29, 0.717) is 12.1 Å². The van der Waals surface area contributed by atoms with Crippen LogP contribution in [0.15, 0.2) is 48.5 Å². The van der Waals surface area contributed by atoms with Crippen molar-refractivity contribution in [3.8, 4) is 5.75 Å². The maximum absolute atomic E-state index is 12.8. The van der Waals surface area contributed by atoms with Crippen molar-refractivity contribution >= 4 is 5.91 Å². The molecule has 5 heteroatoms. The molecule has 3 rings (SSSR count). The summed E-state index contributed by atoms with van der Waals surface area (Å²) in [5, 5.41) is 3.13. The van der Waals surface area contributed by atoms with Crippen molar-refractivity contribution in [2.45, 2.75) is 32.2 Å². The van der Waals surface area contributed by atoms with Gasteiger partial charge < -0.3 is 14.8 Å². The first-order chi connectivity index (χ1) is 13.9. The Balaban J connectivity index is 1.70. The molecule has 1 aliphatic heterocycles. The maximum Gasteiger partial charge on any atom is 0.251 e. The molecule has 0 radical (unpaired) electrons. The molecule has 1 saturated heterocycles. The minimum atomic E-state index is -0.0442. The number of benzene rings is 2. The number of nitrogens with one attached hydrogen (secondary N) is 1. The zero-order valence-electron chi connectivity index (χ0n) is 17.9. The Morgan fingerprint density at radius 3 is 2.24 bits per heavy atom. The van der Waals surface area contributed by atoms with Crippen LogP contribution in [0.5, 0.6) is 5.75 Å². The fourth-order valence-corrected chi connectivity index (χ4v) is 3.59. The second-order valence-electron chi connectivity index (χ2n) is 8.47. The summed E-state index contributed by atoms with van der Waals surface area (Å²) in [6, 6.07) is 16.1. The standard InChI is InChI=1S/C24H32N2O3/c1-24(2,3)20-9-5-19(6-10-20)23(27)25-17-22(26-13-15-29-16-14-26)18-7-11-21(28-4)12-8-18/h5-12,22H,13-17H2,1-4H3,(H,25,27)/t22-/m0/s1. The zero-order chi connectivity index (χ0) is 20.9. The van der Waals surface area contributed by atoms with E-state index in [1.807, 2.05) is 36.4 Å². The van der Waals surface area contributed by atoms with Crippen LogP contribution in [0.4, 0.5) is 0 Å². The van der Waals surface area contributed by atoms with E-state index >= 15 is 0 Å². The molecule has 1 fully saturated rings. The molecule has 1 N–H and O–H groups in total. The van der Waals surface area contributed by atoms with Gasteiger partial charge in [-0.25, -0.2) is 0 Å². The van der Waals surface area contributed by atoms with E-state index in [1.54, 1.807) is 7.11 Å². The lowest BCUT2D eigenvalue weighted by atomic mass is 9.87. The molecule has 0 spiro atoms. The Morgan fingerprint density at radius 1 is 1.07 bits per heavy atom. The smallest absolute Gasteiger partial charge is 0.251 e. The predicted octanol–water partition coefficient (Wildman–Crippen LogP) is 3.80. The Labute approximate surface area is 174 Å². The quantitative estimate of drug-likeness (QED) is 0.807. The molecular weight excluding hydrogens is 364 g/mol. The Morgan fingerprint density at radius 2 is 1.69 bits per heavy atom. The summed E-state index contributed by atoms with van der Waals surface area (Å²) in [4.78, 5) is 15.1. The van der Waals surface area contributed by atoms with Gasteiger partial charge in [-0.2, -0.15) is 0 Å². The number of hydrogen-bond donors (Lipinski definition) is 1. The van der Waals surface area contributed by atoms with Crippen molar-refractivity contribution < 1.29 is 14.3 Å². The normalized spacial score (nSPS) is 16.3. The summed E-state index contributed by atoms with van der Waals surface area (Å²) in [6.45, 7) is 10.2. The molecule has 29 heavy (non-hydrogen) atoms. The fourth-order valence-electron chi connectivity index (χ4n) is 3.59. The van der Waals surface area contributed by atoms with Crippen LogP contribution < -0.4 is 10.1 Å². The van der Waals surface area contributed by atoms with Crippen LogP contribution in [0.3, 0.4) is 0 Å². The lowest BCUT2D eigenvalue weighted by Gasteiger charge is -2.35. The lowest BCUT2D eigenvalue weighted by Crippen LogP contribution is -2.43. The van der Waals surface area contributed by atoms with Crippen LogP contribution >= 0.6 is 0 Å². The second-order valence-corrected chi connectivity index (χ2v) is 8.47. The van der Waals surface area contributed by atoms with Crippen LogP contribution in [0, 0.1) is 0 Å². The highest BCUT2D eigenvalue weighted by Crippen LogP contribution is 2.24. The van der Waals surface area contributed by atoms with Gasteiger partial charge in [-0.05, 0) is 40.8 Å². The van der Waals surface area contributed by atoms with Gasteiger partial charge in [0.15, 0.2) is 0 Å². The molecule has 2 aromatic carbocycles. The number of rotatable bonds is 6. The molecule has 1 atom stereocenters. The van der Waals surface area contributed by atoms with E-state index in [2.05, 4.69) is 43.1 Å². The van der Waals surface area contributed by atoms with Gasteiger partial charge in [-0.3, -0.25) is 9.69 Å². The second kappa shape index (κ2) is 9.42. The van der Waals surface area contributed by atoms with Gasteiger partial charge in [-0.1, -0.05) is 45.0 Å². The number of carbonyl (C=O) groups excluding carboxylic acids is 1. The van der Waals surface area contributed by atoms with E-state index in [-0.39, 0.29) is 17.4 Å². The summed E-state index contributed by atoms with van der Waals surface area (Å²) in [6.07, 6.45) is 0. The third-order valence-corrected chi connectivity index (χ3v) is 5.46. The van der Waals surface area contributed by atoms with E-state index in [4.69, 9.17) is 9.47 Å². The van der Waals surface area contributed by atoms with Crippen LogP contribution in [0.1, 0.15) is 48.3 Å². The summed E-state index contributed by atoms with van der Waals surface area (Å²) in [7, 11) is 1.67. The van der Waals surface area contributed by atoms with E-state index in [0.717, 1.165) is 37.6 Å². The Bertz CT molecular complexity index is 788.